The molecule has 3 rings (SSSR count). The van der Waals surface area contributed by atoms with Crippen LogP contribution in [0.2, 0.25) is 0 Å². The summed E-state index contributed by atoms with van der Waals surface area (Å²) in [5.41, 5.74) is 1.26. The number of hydrogen-bond acceptors (Lipinski definition) is 5. The van der Waals surface area contributed by atoms with E-state index in [1.807, 2.05) is 18.5 Å². The first-order valence-corrected chi connectivity index (χ1v) is 9.17. The Morgan fingerprint density at radius 2 is 2.08 bits per heavy atom. The van der Waals surface area contributed by atoms with Gasteiger partial charge in [-0.1, -0.05) is 44.3 Å². The molecule has 2 heterocycles. The number of nitrogens with one attached hydrogen (secondary N) is 1. The molecular formula is C19H28N4O. The molecule has 2 aromatic heterocycles. The third-order valence-corrected chi connectivity index (χ3v) is 4.74. The summed E-state index contributed by atoms with van der Waals surface area (Å²) in [7, 11) is 0. The molecule has 0 aliphatic heterocycles. The average molecular weight is 328 g/mol. The summed E-state index contributed by atoms with van der Waals surface area (Å²) in [5, 5.41) is 7.73. The molecule has 0 spiro atoms. The van der Waals surface area contributed by atoms with Gasteiger partial charge in [-0.25, -0.2) is 0 Å². The number of hydrogen-bond donors (Lipinski definition) is 1. The Bertz CT molecular complexity index is 605. The Morgan fingerprint density at radius 3 is 2.79 bits per heavy atom. The lowest BCUT2D eigenvalue weighted by Gasteiger charge is -2.31. The zero-order valence-electron chi connectivity index (χ0n) is 14.7. The van der Waals surface area contributed by atoms with Crippen LogP contribution in [-0.4, -0.2) is 15.1 Å². The Balaban J connectivity index is 1.66. The minimum Gasteiger partial charge on any atom is -0.338 e. The Labute approximate surface area is 144 Å². The topological polar surface area (TPSA) is 63.8 Å². The summed E-state index contributed by atoms with van der Waals surface area (Å²) in [6.07, 6.45) is 11.2. The summed E-state index contributed by atoms with van der Waals surface area (Å²) in [6.45, 7) is 4.94. The van der Waals surface area contributed by atoms with Crippen LogP contribution in [0.1, 0.15) is 69.3 Å². The molecule has 1 unspecified atom stereocenters. The van der Waals surface area contributed by atoms with Gasteiger partial charge in [0.2, 0.25) is 5.89 Å². The summed E-state index contributed by atoms with van der Waals surface area (Å²) in [6, 6.07) is 4.48. The van der Waals surface area contributed by atoms with Gasteiger partial charge in [-0.05, 0) is 36.3 Å². The minimum absolute atomic E-state index is 0.305. The third kappa shape index (κ3) is 4.63. The standard InChI is InChI=1S/C19H28N4O/c1-14(2)11-17-22-18(24-23-17)13-21-19(15-7-4-3-5-8-15)16-9-6-10-20-12-16/h6,9-10,12,14-15,19,21H,3-5,7-8,11,13H2,1-2H3. The van der Waals surface area contributed by atoms with Crippen molar-refractivity contribution in [1.82, 2.24) is 20.4 Å². The second-order valence-electron chi connectivity index (χ2n) is 7.25. The van der Waals surface area contributed by atoms with Crippen molar-refractivity contribution in [2.45, 2.75) is 65.0 Å². The summed E-state index contributed by atoms with van der Waals surface area (Å²) in [4.78, 5) is 8.81. The summed E-state index contributed by atoms with van der Waals surface area (Å²) in [5.74, 6) is 2.67. The molecule has 0 radical (unpaired) electrons. The van der Waals surface area contributed by atoms with E-state index in [9.17, 15) is 0 Å². The molecule has 5 heteroatoms. The molecule has 2 aromatic rings. The van der Waals surface area contributed by atoms with Gasteiger partial charge in [0, 0.05) is 24.9 Å². The zero-order chi connectivity index (χ0) is 16.8. The van der Waals surface area contributed by atoms with E-state index in [0.29, 0.717) is 30.3 Å². The first-order chi connectivity index (χ1) is 11.7. The van der Waals surface area contributed by atoms with Gasteiger partial charge in [0.1, 0.15) is 0 Å². The van der Waals surface area contributed by atoms with E-state index in [1.54, 1.807) is 0 Å². The first kappa shape index (κ1) is 17.1. The highest BCUT2D eigenvalue weighted by atomic mass is 16.5. The van der Waals surface area contributed by atoms with Gasteiger partial charge in [0.25, 0.3) is 0 Å². The highest BCUT2D eigenvalue weighted by Crippen LogP contribution is 2.34. The molecule has 1 aliphatic carbocycles. The highest BCUT2D eigenvalue weighted by molar-refractivity contribution is 5.15. The van der Waals surface area contributed by atoms with E-state index in [1.165, 1.54) is 37.7 Å². The van der Waals surface area contributed by atoms with Crippen LogP contribution in [-0.2, 0) is 13.0 Å². The zero-order valence-corrected chi connectivity index (χ0v) is 14.7. The van der Waals surface area contributed by atoms with Crippen LogP contribution in [0.4, 0.5) is 0 Å². The van der Waals surface area contributed by atoms with Crippen LogP contribution in [0.25, 0.3) is 0 Å². The molecule has 1 fully saturated rings. The SMILES string of the molecule is CC(C)Cc1noc(CNC(c2cccnc2)C2CCCCC2)n1. The predicted octanol–water partition coefficient (Wildman–Crippen LogP) is 4.07. The first-order valence-electron chi connectivity index (χ1n) is 9.17. The highest BCUT2D eigenvalue weighted by Gasteiger charge is 2.25. The monoisotopic (exact) mass is 328 g/mol. The molecule has 0 amide bonds. The lowest BCUT2D eigenvalue weighted by atomic mass is 9.81. The number of aromatic nitrogens is 3. The van der Waals surface area contributed by atoms with Crippen molar-refractivity contribution in [2.24, 2.45) is 11.8 Å². The van der Waals surface area contributed by atoms with Crippen molar-refractivity contribution in [3.63, 3.8) is 0 Å². The van der Waals surface area contributed by atoms with Crippen molar-refractivity contribution >= 4 is 0 Å². The Hall–Kier alpha value is -1.75. The number of rotatable bonds is 7. The van der Waals surface area contributed by atoms with Crippen molar-refractivity contribution < 1.29 is 4.52 Å². The third-order valence-electron chi connectivity index (χ3n) is 4.74. The maximum absolute atomic E-state index is 5.40. The lowest BCUT2D eigenvalue weighted by Crippen LogP contribution is -2.29. The van der Waals surface area contributed by atoms with Crippen LogP contribution < -0.4 is 5.32 Å². The quantitative estimate of drug-likeness (QED) is 0.830. The number of pyridine rings is 1. The minimum atomic E-state index is 0.305. The lowest BCUT2D eigenvalue weighted by molar-refractivity contribution is 0.259. The van der Waals surface area contributed by atoms with E-state index in [-0.39, 0.29) is 0 Å². The molecule has 1 atom stereocenters. The molecule has 1 aliphatic rings. The predicted molar refractivity (Wildman–Crippen MR) is 93.2 cm³/mol. The van der Waals surface area contributed by atoms with Gasteiger partial charge in [-0.2, -0.15) is 4.98 Å². The largest absolute Gasteiger partial charge is 0.338 e. The Kier molecular flexibility index (Phi) is 5.96. The normalized spacial score (nSPS) is 17.3. The Morgan fingerprint density at radius 1 is 1.25 bits per heavy atom. The van der Waals surface area contributed by atoms with Crippen molar-refractivity contribution in [1.29, 1.82) is 0 Å². The van der Waals surface area contributed by atoms with Crippen LogP contribution >= 0.6 is 0 Å². The van der Waals surface area contributed by atoms with E-state index in [2.05, 4.69) is 40.4 Å². The van der Waals surface area contributed by atoms with E-state index < -0.39 is 0 Å². The second kappa shape index (κ2) is 8.38. The second-order valence-corrected chi connectivity index (χ2v) is 7.25. The molecular weight excluding hydrogens is 300 g/mol. The number of nitrogens with zero attached hydrogens (tertiary/aromatic N) is 3. The van der Waals surface area contributed by atoms with Crippen LogP contribution in [0, 0.1) is 11.8 Å². The van der Waals surface area contributed by atoms with Crippen LogP contribution in [0.3, 0.4) is 0 Å². The molecule has 0 aromatic carbocycles. The fraction of sp³-hybridized carbons (Fsp3) is 0.632. The van der Waals surface area contributed by atoms with Gasteiger partial charge >= 0.3 is 0 Å². The van der Waals surface area contributed by atoms with Gasteiger partial charge in [0.15, 0.2) is 5.82 Å². The molecule has 5 nitrogen and oxygen atoms in total. The molecule has 1 N–H and O–H groups in total. The molecule has 130 valence electrons. The fourth-order valence-corrected chi connectivity index (χ4v) is 3.59. The smallest absolute Gasteiger partial charge is 0.240 e. The van der Waals surface area contributed by atoms with Gasteiger partial charge in [0.05, 0.1) is 6.54 Å². The van der Waals surface area contributed by atoms with Gasteiger partial charge in [-0.15, -0.1) is 0 Å². The fourth-order valence-electron chi connectivity index (χ4n) is 3.59. The maximum Gasteiger partial charge on any atom is 0.240 e. The molecule has 0 saturated heterocycles. The van der Waals surface area contributed by atoms with Crippen LogP contribution in [0.15, 0.2) is 29.0 Å². The summed E-state index contributed by atoms with van der Waals surface area (Å²) >= 11 is 0. The molecule has 0 bridgehead atoms. The molecule has 1 saturated carbocycles. The van der Waals surface area contributed by atoms with Crippen LogP contribution in [0.5, 0.6) is 0 Å². The van der Waals surface area contributed by atoms with Gasteiger partial charge in [-0.3, -0.25) is 4.98 Å². The van der Waals surface area contributed by atoms with E-state index >= 15 is 0 Å². The molecule has 24 heavy (non-hydrogen) atoms. The maximum atomic E-state index is 5.40. The van der Waals surface area contributed by atoms with E-state index in [4.69, 9.17) is 4.52 Å². The average Bonchev–Trinajstić information content (AvgIpc) is 3.04. The van der Waals surface area contributed by atoms with Gasteiger partial charge < -0.3 is 9.84 Å². The summed E-state index contributed by atoms with van der Waals surface area (Å²) < 4.78 is 5.40. The van der Waals surface area contributed by atoms with Crippen molar-refractivity contribution in [3.8, 4) is 0 Å². The van der Waals surface area contributed by atoms with Crippen molar-refractivity contribution in [3.05, 3.63) is 41.8 Å². The van der Waals surface area contributed by atoms with E-state index in [0.717, 1.165) is 12.2 Å². The van der Waals surface area contributed by atoms with Crippen molar-refractivity contribution in [2.75, 3.05) is 0 Å².